The van der Waals surface area contributed by atoms with Crippen LogP contribution in [0.3, 0.4) is 0 Å². The summed E-state index contributed by atoms with van der Waals surface area (Å²) in [7, 11) is 0. The zero-order valence-electron chi connectivity index (χ0n) is 22.7. The maximum atomic E-state index is 13.8. The third-order valence-corrected chi connectivity index (χ3v) is 14.1. The first-order chi connectivity index (χ1) is 21.0. The van der Waals surface area contributed by atoms with Gasteiger partial charge in [-0.2, -0.15) is 13.2 Å². The first-order valence-corrected chi connectivity index (χ1v) is 17.0. The molecule has 0 bridgehead atoms. The van der Waals surface area contributed by atoms with Crippen molar-refractivity contribution in [1.29, 1.82) is 0 Å². The number of alkyl halides is 3. The molecule has 216 valence electrons. The number of hydrogen-bond donors (Lipinski definition) is 1. The van der Waals surface area contributed by atoms with Gasteiger partial charge in [0.2, 0.25) is 0 Å². The van der Waals surface area contributed by atoms with Gasteiger partial charge in [-0.1, -0.05) is 0 Å². The summed E-state index contributed by atoms with van der Waals surface area (Å²) in [6.45, 7) is 2.04. The molecule has 44 heavy (non-hydrogen) atoms. The largest absolute Gasteiger partial charge is 0.416 e. The summed E-state index contributed by atoms with van der Waals surface area (Å²) in [6, 6.07) is 19.3. The van der Waals surface area contributed by atoms with E-state index >= 15 is 0 Å². The van der Waals surface area contributed by atoms with Crippen molar-refractivity contribution in [3.05, 3.63) is 103 Å². The van der Waals surface area contributed by atoms with Crippen molar-refractivity contribution in [3.8, 4) is 9.75 Å². The van der Waals surface area contributed by atoms with Crippen LogP contribution in [-0.2, 0) is 17.3 Å². The van der Waals surface area contributed by atoms with E-state index in [0.29, 0.717) is 39.2 Å². The Bertz CT molecular complexity index is 2630. The van der Waals surface area contributed by atoms with E-state index in [0.717, 1.165) is 55.9 Å². The molecule has 0 amide bonds. The standard InChI is InChI=1S/C34H18F3NO2S4/c1-33(28-9-14-6-16(34(35,36)37)2-4-25(14)42-28)13-23-30(40)19-10-20-18(11-21(19)32(23)44-33)29(39)22-12-27(43-31(20)22)26-8-15-7-17(38)3-5-24(15)41-26/h2-12H,13,38H2,1H3. The quantitative estimate of drug-likeness (QED) is 0.188. The molecule has 4 heterocycles. The van der Waals surface area contributed by atoms with Gasteiger partial charge in [-0.15, -0.1) is 45.8 Å². The van der Waals surface area contributed by atoms with E-state index in [9.17, 15) is 22.8 Å². The molecule has 0 aliphatic carbocycles. The predicted molar refractivity (Wildman–Crippen MR) is 181 cm³/mol. The summed E-state index contributed by atoms with van der Waals surface area (Å²) in [5, 5.41) is 5.09. The molecule has 1 unspecified atom stereocenters. The molecule has 0 saturated carbocycles. The second-order valence-electron chi connectivity index (χ2n) is 11.5. The van der Waals surface area contributed by atoms with Crippen LogP contribution in [0.15, 0.2) is 81.2 Å². The van der Waals surface area contributed by atoms with E-state index in [-0.39, 0.29) is 10.9 Å². The molecule has 1 atom stereocenters. The smallest absolute Gasteiger partial charge is 0.399 e. The van der Waals surface area contributed by atoms with Gasteiger partial charge in [0.15, 0.2) is 10.9 Å². The van der Waals surface area contributed by atoms with Crippen molar-refractivity contribution in [2.45, 2.75) is 29.2 Å². The average Bonchev–Trinajstić information content (AvgIpc) is 3.81. The van der Waals surface area contributed by atoms with Crippen LogP contribution in [0.2, 0.25) is 0 Å². The van der Waals surface area contributed by atoms with Crippen LogP contribution in [-0.4, -0.2) is 0 Å². The first-order valence-electron chi connectivity index (χ1n) is 13.7. The maximum Gasteiger partial charge on any atom is 0.416 e. The van der Waals surface area contributed by atoms with Crippen molar-refractivity contribution in [2.75, 3.05) is 5.73 Å². The predicted octanol–water partition coefficient (Wildman–Crippen LogP) is 10.1. The van der Waals surface area contributed by atoms with Gasteiger partial charge in [-0.3, -0.25) is 9.59 Å². The van der Waals surface area contributed by atoms with Crippen LogP contribution in [0.5, 0.6) is 0 Å². The lowest BCUT2D eigenvalue weighted by Crippen LogP contribution is -2.17. The van der Waals surface area contributed by atoms with Gasteiger partial charge in [0.05, 0.1) is 10.3 Å². The topological polar surface area (TPSA) is 60.2 Å². The van der Waals surface area contributed by atoms with Crippen molar-refractivity contribution in [1.82, 2.24) is 0 Å². The Morgan fingerprint density at radius 2 is 1.43 bits per heavy atom. The Balaban J connectivity index is 1.14. The monoisotopic (exact) mass is 657 g/mol. The Kier molecular flexibility index (Phi) is 5.29. The molecule has 2 N–H and O–H groups in total. The zero-order chi connectivity index (χ0) is 30.3. The minimum absolute atomic E-state index is 0.0331. The lowest BCUT2D eigenvalue weighted by Gasteiger charge is -2.21. The molecular formula is C34H18F3NO2S4. The fourth-order valence-electron chi connectivity index (χ4n) is 6.48. The van der Waals surface area contributed by atoms with Gasteiger partial charge in [0.25, 0.3) is 0 Å². The Morgan fingerprint density at radius 3 is 2.25 bits per heavy atom. The van der Waals surface area contributed by atoms with Gasteiger partial charge in [-0.05, 0) is 90.8 Å². The third kappa shape index (κ3) is 3.68. The van der Waals surface area contributed by atoms with Gasteiger partial charge in [-0.25, -0.2) is 0 Å². The highest BCUT2D eigenvalue weighted by Gasteiger charge is 2.41. The zero-order valence-corrected chi connectivity index (χ0v) is 26.0. The van der Waals surface area contributed by atoms with Crippen LogP contribution < -0.4 is 16.6 Å². The summed E-state index contributed by atoms with van der Waals surface area (Å²) in [5.74, 6) is 0. The molecule has 5 aromatic carbocycles. The van der Waals surface area contributed by atoms with Gasteiger partial charge in [0, 0.05) is 71.8 Å². The molecule has 8 aromatic rings. The second-order valence-corrected chi connectivity index (χ2v) is 16.3. The second kappa shape index (κ2) is 8.72. The number of halogens is 3. The average molecular weight is 658 g/mol. The summed E-state index contributed by atoms with van der Waals surface area (Å²) in [5.41, 5.74) is 6.65. The highest BCUT2D eigenvalue weighted by molar-refractivity contribution is 8.01. The Morgan fingerprint density at radius 1 is 0.727 bits per heavy atom. The number of fused-ring (bicyclic) bond motifs is 8. The van der Waals surface area contributed by atoms with E-state index in [1.165, 1.54) is 23.5 Å². The number of hydrogen-bond acceptors (Lipinski definition) is 7. The van der Waals surface area contributed by atoms with Crippen molar-refractivity contribution >= 4 is 103 Å². The number of nitrogen functional groups attached to an aromatic ring is 1. The SMILES string of the molecule is CC1(c2cc3cc(C(F)(F)F)ccc3s2)Cc2c(c3cc4c(=O)c5cc(-c6cc7cc(N)ccc7s6)sc5c4cc3c2=O)S1. The highest BCUT2D eigenvalue weighted by atomic mass is 32.2. The summed E-state index contributed by atoms with van der Waals surface area (Å²) in [6.07, 6.45) is -3.93. The maximum absolute atomic E-state index is 13.8. The normalized spacial score (nSPS) is 17.3. The molecule has 1 aliphatic heterocycles. The number of thioether (sulfide) groups is 1. The van der Waals surface area contributed by atoms with Crippen LogP contribution in [0.25, 0.3) is 61.6 Å². The van der Waals surface area contributed by atoms with E-state index in [4.69, 9.17) is 5.73 Å². The molecule has 0 saturated heterocycles. The van der Waals surface area contributed by atoms with Gasteiger partial charge < -0.3 is 5.73 Å². The summed E-state index contributed by atoms with van der Waals surface area (Å²) in [4.78, 5) is 31.3. The van der Waals surface area contributed by atoms with Crippen LogP contribution in [0.4, 0.5) is 18.9 Å². The van der Waals surface area contributed by atoms with Crippen molar-refractivity contribution < 1.29 is 13.2 Å². The van der Waals surface area contributed by atoms with Gasteiger partial charge >= 0.3 is 6.18 Å². The van der Waals surface area contributed by atoms with Crippen LogP contribution in [0.1, 0.15) is 22.9 Å². The minimum atomic E-state index is -4.41. The molecule has 10 heteroatoms. The number of rotatable bonds is 2. The third-order valence-electron chi connectivity index (χ3n) is 8.65. The van der Waals surface area contributed by atoms with Crippen molar-refractivity contribution in [2.24, 2.45) is 0 Å². The van der Waals surface area contributed by atoms with Crippen molar-refractivity contribution in [3.63, 3.8) is 0 Å². The summed E-state index contributed by atoms with van der Waals surface area (Å²) < 4.78 is 42.2. The van der Waals surface area contributed by atoms with Crippen LogP contribution >= 0.6 is 45.8 Å². The number of benzene rings is 3. The van der Waals surface area contributed by atoms with Gasteiger partial charge in [0.1, 0.15) is 0 Å². The lowest BCUT2D eigenvalue weighted by molar-refractivity contribution is -0.137. The highest BCUT2D eigenvalue weighted by Crippen LogP contribution is 2.56. The Labute approximate surface area is 263 Å². The minimum Gasteiger partial charge on any atom is -0.399 e. The van der Waals surface area contributed by atoms with E-state index in [2.05, 4.69) is 6.07 Å². The van der Waals surface area contributed by atoms with Crippen LogP contribution in [0, 0.1) is 0 Å². The number of nitrogens with two attached hydrogens (primary N) is 1. The van der Waals surface area contributed by atoms with E-state index in [1.54, 1.807) is 34.4 Å². The molecule has 3 aromatic heterocycles. The number of thiophene rings is 3. The molecule has 3 nitrogen and oxygen atoms in total. The molecule has 0 fully saturated rings. The van der Waals surface area contributed by atoms with E-state index < -0.39 is 16.5 Å². The molecule has 0 spiro atoms. The first kappa shape index (κ1) is 26.7. The summed E-state index contributed by atoms with van der Waals surface area (Å²) >= 11 is 6.27. The number of anilines is 1. The molecular weight excluding hydrogens is 640 g/mol. The fourth-order valence-corrected chi connectivity index (χ4v) is 11.5. The fraction of sp³-hybridized carbons (Fsp3) is 0.118. The van der Waals surface area contributed by atoms with E-state index in [1.807, 2.05) is 49.4 Å². The molecule has 9 rings (SSSR count). The lowest BCUT2D eigenvalue weighted by atomic mass is 10.00. The molecule has 0 radical (unpaired) electrons. The Hall–Kier alpha value is -3.70. The molecule has 1 aliphatic rings.